The monoisotopic (exact) mass is 258 g/mol. The Hall–Kier alpha value is -1.73. The Bertz CT molecular complexity index is 427. The van der Waals surface area contributed by atoms with E-state index in [0.717, 1.165) is 7.11 Å². The van der Waals surface area contributed by atoms with E-state index in [9.17, 15) is 22.0 Å². The second-order valence-electron chi connectivity index (χ2n) is 3.09. The van der Waals surface area contributed by atoms with Crippen LogP contribution in [-0.2, 0) is 5.92 Å². The molecule has 1 aromatic rings. The highest BCUT2D eigenvalue weighted by molar-refractivity contribution is 5.55. The lowest BCUT2D eigenvalue weighted by atomic mass is 10.1. The topological polar surface area (TPSA) is 49.7 Å². The van der Waals surface area contributed by atoms with Crippen molar-refractivity contribution < 1.29 is 36.9 Å². The molecule has 0 saturated heterocycles. The van der Waals surface area contributed by atoms with E-state index in [1.807, 2.05) is 0 Å². The minimum atomic E-state index is -5.83. The number of rotatable bonds is 2. The summed E-state index contributed by atoms with van der Waals surface area (Å²) in [6, 6.07) is 0.855. The van der Waals surface area contributed by atoms with E-state index in [4.69, 9.17) is 10.2 Å². The zero-order chi connectivity index (χ0) is 13.4. The first-order chi connectivity index (χ1) is 7.63. The molecule has 0 aliphatic rings. The SMILES string of the molecule is COc1c(C(F)(F)C(F)(F)F)ccc(O)c1O. The molecule has 0 radical (unpaired) electrons. The number of alkyl halides is 5. The third-order valence-electron chi connectivity index (χ3n) is 2.01. The van der Waals surface area contributed by atoms with Gasteiger partial charge in [0.1, 0.15) is 0 Å². The predicted molar refractivity (Wildman–Crippen MR) is 46.3 cm³/mol. The number of phenolic OH excluding ortho intramolecular Hbond substituents is 2. The highest BCUT2D eigenvalue weighted by Gasteiger charge is 2.60. The number of halogens is 5. The number of hydrogen-bond donors (Lipinski definition) is 2. The van der Waals surface area contributed by atoms with E-state index in [1.165, 1.54) is 0 Å². The molecule has 2 N–H and O–H groups in total. The zero-order valence-corrected chi connectivity index (χ0v) is 8.35. The molecular weight excluding hydrogens is 251 g/mol. The maximum atomic E-state index is 13.0. The molecule has 0 aromatic heterocycles. The van der Waals surface area contributed by atoms with Gasteiger partial charge in [0, 0.05) is 0 Å². The first kappa shape index (κ1) is 13.3. The molecule has 1 aromatic carbocycles. The maximum Gasteiger partial charge on any atom is 0.458 e. The van der Waals surface area contributed by atoms with Crippen molar-refractivity contribution in [3.05, 3.63) is 17.7 Å². The molecule has 0 spiro atoms. The van der Waals surface area contributed by atoms with Crippen molar-refractivity contribution in [3.63, 3.8) is 0 Å². The number of hydrogen-bond acceptors (Lipinski definition) is 3. The van der Waals surface area contributed by atoms with Gasteiger partial charge in [-0.05, 0) is 12.1 Å². The van der Waals surface area contributed by atoms with Gasteiger partial charge in [0.25, 0.3) is 0 Å². The smallest absolute Gasteiger partial charge is 0.458 e. The highest BCUT2D eigenvalue weighted by atomic mass is 19.4. The van der Waals surface area contributed by atoms with Gasteiger partial charge >= 0.3 is 12.1 Å². The average Bonchev–Trinajstić information content (AvgIpc) is 2.19. The van der Waals surface area contributed by atoms with Crippen molar-refractivity contribution >= 4 is 0 Å². The lowest BCUT2D eigenvalue weighted by Crippen LogP contribution is -2.34. The van der Waals surface area contributed by atoms with Crippen molar-refractivity contribution in [2.24, 2.45) is 0 Å². The maximum absolute atomic E-state index is 13.0. The summed E-state index contributed by atoms with van der Waals surface area (Å²) in [6.45, 7) is 0. The molecule has 0 amide bonds. The van der Waals surface area contributed by atoms with Gasteiger partial charge in [0.2, 0.25) is 5.75 Å². The number of phenols is 2. The summed E-state index contributed by atoms with van der Waals surface area (Å²) in [6.07, 6.45) is -5.83. The largest absolute Gasteiger partial charge is 0.504 e. The molecule has 8 heteroatoms. The van der Waals surface area contributed by atoms with Crippen molar-refractivity contribution in [3.8, 4) is 17.2 Å². The summed E-state index contributed by atoms with van der Waals surface area (Å²) in [5.74, 6) is -8.34. The van der Waals surface area contributed by atoms with Crippen LogP contribution in [0.15, 0.2) is 12.1 Å². The van der Waals surface area contributed by atoms with E-state index in [0.29, 0.717) is 12.1 Å². The van der Waals surface area contributed by atoms with Gasteiger partial charge in [-0.2, -0.15) is 22.0 Å². The van der Waals surface area contributed by atoms with Crippen LogP contribution in [0.1, 0.15) is 5.56 Å². The third-order valence-corrected chi connectivity index (χ3v) is 2.01. The molecule has 1 rings (SSSR count). The fraction of sp³-hybridized carbons (Fsp3) is 0.333. The molecular formula is C9H7F5O3. The Morgan fingerprint density at radius 2 is 1.59 bits per heavy atom. The van der Waals surface area contributed by atoms with Crippen molar-refractivity contribution in [2.75, 3.05) is 7.11 Å². The first-order valence-corrected chi connectivity index (χ1v) is 4.17. The quantitative estimate of drug-likeness (QED) is 0.633. The van der Waals surface area contributed by atoms with E-state index in [2.05, 4.69) is 4.74 Å². The van der Waals surface area contributed by atoms with Gasteiger partial charge in [-0.15, -0.1) is 0 Å². The van der Waals surface area contributed by atoms with Crippen LogP contribution >= 0.6 is 0 Å². The van der Waals surface area contributed by atoms with Crippen LogP contribution in [0, 0.1) is 0 Å². The van der Waals surface area contributed by atoms with Gasteiger partial charge < -0.3 is 14.9 Å². The molecule has 0 bridgehead atoms. The summed E-state index contributed by atoms with van der Waals surface area (Å²) in [7, 11) is 0.796. The Balaban J connectivity index is 3.47. The fourth-order valence-electron chi connectivity index (χ4n) is 1.17. The van der Waals surface area contributed by atoms with Gasteiger partial charge in [0.15, 0.2) is 11.5 Å². The van der Waals surface area contributed by atoms with Crippen LogP contribution in [0.4, 0.5) is 22.0 Å². The van der Waals surface area contributed by atoms with E-state index >= 15 is 0 Å². The molecule has 0 aliphatic carbocycles. The van der Waals surface area contributed by atoms with Gasteiger partial charge in [-0.3, -0.25) is 0 Å². The lowest BCUT2D eigenvalue weighted by Gasteiger charge is -2.22. The van der Waals surface area contributed by atoms with E-state index in [1.54, 1.807) is 0 Å². The van der Waals surface area contributed by atoms with Crippen molar-refractivity contribution in [1.29, 1.82) is 0 Å². The molecule has 0 fully saturated rings. The van der Waals surface area contributed by atoms with Gasteiger partial charge in [-0.1, -0.05) is 0 Å². The van der Waals surface area contributed by atoms with Crippen LogP contribution in [0.5, 0.6) is 17.2 Å². The average molecular weight is 258 g/mol. The molecule has 17 heavy (non-hydrogen) atoms. The summed E-state index contributed by atoms with van der Waals surface area (Å²) >= 11 is 0. The second kappa shape index (κ2) is 3.94. The van der Waals surface area contributed by atoms with Crippen LogP contribution in [0.25, 0.3) is 0 Å². The number of benzene rings is 1. The van der Waals surface area contributed by atoms with Crippen LogP contribution < -0.4 is 4.74 Å². The Labute approximate surface area is 92.1 Å². The normalized spacial score (nSPS) is 12.6. The molecule has 0 atom stereocenters. The second-order valence-corrected chi connectivity index (χ2v) is 3.09. The molecule has 96 valence electrons. The Morgan fingerprint density at radius 3 is 2.00 bits per heavy atom. The molecule has 0 aliphatic heterocycles. The van der Waals surface area contributed by atoms with Crippen LogP contribution in [-0.4, -0.2) is 23.5 Å². The Morgan fingerprint density at radius 1 is 1.06 bits per heavy atom. The summed E-state index contributed by atoms with van der Waals surface area (Å²) in [5, 5.41) is 18.1. The number of methoxy groups -OCH3 is 1. The van der Waals surface area contributed by atoms with E-state index < -0.39 is 34.9 Å². The number of ether oxygens (including phenoxy) is 1. The first-order valence-electron chi connectivity index (χ1n) is 4.17. The molecule has 3 nitrogen and oxygen atoms in total. The molecule has 0 unspecified atom stereocenters. The van der Waals surface area contributed by atoms with Gasteiger partial charge in [0.05, 0.1) is 12.7 Å². The summed E-state index contributed by atoms with van der Waals surface area (Å²) < 4.78 is 66.7. The molecule has 0 heterocycles. The lowest BCUT2D eigenvalue weighted by molar-refractivity contribution is -0.289. The van der Waals surface area contributed by atoms with Gasteiger partial charge in [-0.25, -0.2) is 0 Å². The summed E-state index contributed by atoms with van der Waals surface area (Å²) in [4.78, 5) is 0. The fourth-order valence-corrected chi connectivity index (χ4v) is 1.17. The summed E-state index contributed by atoms with van der Waals surface area (Å²) in [5.41, 5.74) is -1.57. The molecule has 0 saturated carbocycles. The van der Waals surface area contributed by atoms with Crippen molar-refractivity contribution in [2.45, 2.75) is 12.1 Å². The third kappa shape index (κ3) is 2.06. The number of aromatic hydroxyl groups is 2. The van der Waals surface area contributed by atoms with Crippen LogP contribution in [0.2, 0.25) is 0 Å². The minimum absolute atomic E-state index is 0.335. The minimum Gasteiger partial charge on any atom is -0.504 e. The highest BCUT2D eigenvalue weighted by Crippen LogP contribution is 2.51. The van der Waals surface area contributed by atoms with E-state index in [-0.39, 0.29) is 0 Å². The predicted octanol–water partition coefficient (Wildman–Crippen LogP) is 2.76. The zero-order valence-electron chi connectivity index (χ0n) is 8.35. The Kier molecular flexibility index (Phi) is 3.09. The van der Waals surface area contributed by atoms with Crippen molar-refractivity contribution in [1.82, 2.24) is 0 Å². The van der Waals surface area contributed by atoms with Crippen LogP contribution in [0.3, 0.4) is 0 Å². The standard InChI is InChI=1S/C9H7F5O3/c1-17-7-4(2-3-5(15)6(7)16)8(10,11)9(12,13)14/h2-3,15-16H,1H3.